The number of halogens is 2. The first kappa shape index (κ1) is 20.1. The van der Waals surface area contributed by atoms with E-state index in [1.54, 1.807) is 19.3 Å². The molecule has 2 aliphatic heterocycles. The van der Waals surface area contributed by atoms with Gasteiger partial charge in [-0.2, -0.15) is 0 Å². The normalized spacial score (nSPS) is 24.8. The van der Waals surface area contributed by atoms with Crippen LogP contribution in [0.15, 0.2) is 24.5 Å². The molecule has 4 heterocycles. The van der Waals surface area contributed by atoms with E-state index >= 15 is 0 Å². The first-order valence-corrected chi connectivity index (χ1v) is 10.8. The van der Waals surface area contributed by atoms with E-state index in [4.69, 9.17) is 4.98 Å². The van der Waals surface area contributed by atoms with Gasteiger partial charge in [0.2, 0.25) is 5.91 Å². The zero-order valence-corrected chi connectivity index (χ0v) is 17.7. The molecule has 1 saturated carbocycles. The Hall–Kier alpha value is -2.84. The highest BCUT2D eigenvalue weighted by Gasteiger charge is 2.71. The second-order valence-electron chi connectivity index (χ2n) is 8.88. The van der Waals surface area contributed by atoms with Crippen molar-refractivity contribution in [3.05, 3.63) is 35.8 Å². The van der Waals surface area contributed by atoms with Crippen molar-refractivity contribution in [2.45, 2.75) is 38.5 Å². The molecule has 0 radical (unpaired) electrons. The zero-order chi connectivity index (χ0) is 21.8. The van der Waals surface area contributed by atoms with Gasteiger partial charge in [0.05, 0.1) is 29.9 Å². The van der Waals surface area contributed by atoms with Crippen LogP contribution in [-0.2, 0) is 4.79 Å². The molecule has 0 bridgehead atoms. The number of amides is 1. The van der Waals surface area contributed by atoms with E-state index < -0.39 is 17.8 Å². The molecule has 7 nitrogen and oxygen atoms in total. The van der Waals surface area contributed by atoms with Gasteiger partial charge in [0, 0.05) is 33.1 Å². The lowest BCUT2D eigenvalue weighted by atomic mass is 9.89. The summed E-state index contributed by atoms with van der Waals surface area (Å²) in [5, 5.41) is 3.22. The largest absolute Gasteiger partial charge is 0.355 e. The van der Waals surface area contributed by atoms with Crippen LogP contribution in [0.5, 0.6) is 0 Å². The van der Waals surface area contributed by atoms with Gasteiger partial charge >= 0.3 is 0 Å². The van der Waals surface area contributed by atoms with Crippen LogP contribution in [0.2, 0.25) is 0 Å². The number of piperidine rings is 2. The Balaban J connectivity index is 1.40. The van der Waals surface area contributed by atoms with Gasteiger partial charge in [0.25, 0.3) is 5.92 Å². The number of aryl methyl sites for hydroxylation is 1. The summed E-state index contributed by atoms with van der Waals surface area (Å²) in [6, 6.07) is 4.04. The predicted molar refractivity (Wildman–Crippen MR) is 113 cm³/mol. The molecule has 1 amide bonds. The maximum absolute atomic E-state index is 13.7. The SMILES string of the molecule is CC(=O)N1CCC(c2cc(Nc3cnc(C)cn3)nc(N3CC4C(C3)C4(F)F)c2)CC1. The molecule has 1 N–H and O–H groups in total. The lowest BCUT2D eigenvalue weighted by Crippen LogP contribution is -2.36. The third-order valence-electron chi connectivity index (χ3n) is 6.81. The van der Waals surface area contributed by atoms with E-state index in [-0.39, 0.29) is 5.91 Å². The number of hydrogen-bond acceptors (Lipinski definition) is 6. The standard InChI is InChI=1S/C22H26F2N6O/c1-13-9-26-20(10-25-13)27-19-7-16(15-3-5-29(6-4-15)14(2)31)8-21(28-19)30-11-17-18(12-30)22(17,23)24/h7-10,15,17-18H,3-6,11-12H2,1-2H3,(H,26,27,28). The van der Waals surface area contributed by atoms with Gasteiger partial charge in [0.15, 0.2) is 0 Å². The molecule has 164 valence electrons. The highest BCUT2D eigenvalue weighted by atomic mass is 19.3. The van der Waals surface area contributed by atoms with Crippen LogP contribution in [0.25, 0.3) is 0 Å². The van der Waals surface area contributed by atoms with Crippen molar-refractivity contribution in [3.63, 3.8) is 0 Å². The first-order valence-electron chi connectivity index (χ1n) is 10.8. The lowest BCUT2D eigenvalue weighted by Gasteiger charge is -2.32. The Kier molecular flexibility index (Phi) is 4.79. The number of rotatable bonds is 4. The fourth-order valence-corrected chi connectivity index (χ4v) is 4.81. The number of anilines is 3. The second kappa shape index (κ2) is 7.39. The Labute approximate surface area is 179 Å². The fourth-order valence-electron chi connectivity index (χ4n) is 4.81. The van der Waals surface area contributed by atoms with Gasteiger partial charge < -0.3 is 15.1 Å². The maximum atomic E-state index is 13.7. The summed E-state index contributed by atoms with van der Waals surface area (Å²) in [6.07, 6.45) is 5.08. The molecule has 31 heavy (non-hydrogen) atoms. The number of aromatic nitrogens is 3. The molecule has 2 atom stereocenters. The predicted octanol–water partition coefficient (Wildman–Crippen LogP) is 3.35. The van der Waals surface area contributed by atoms with Crippen molar-refractivity contribution in [3.8, 4) is 0 Å². The molecule has 2 saturated heterocycles. The highest BCUT2D eigenvalue weighted by molar-refractivity contribution is 5.73. The third-order valence-corrected chi connectivity index (χ3v) is 6.81. The molecular formula is C22H26F2N6O. The number of pyridine rings is 1. The molecule has 2 aromatic heterocycles. The molecule has 5 rings (SSSR count). The van der Waals surface area contributed by atoms with Crippen molar-refractivity contribution in [2.75, 3.05) is 36.4 Å². The van der Waals surface area contributed by atoms with Crippen LogP contribution in [0.4, 0.5) is 26.2 Å². The Morgan fingerprint density at radius 3 is 2.42 bits per heavy atom. The van der Waals surface area contributed by atoms with E-state index in [0.717, 1.165) is 43.0 Å². The van der Waals surface area contributed by atoms with Crippen LogP contribution in [0, 0.1) is 18.8 Å². The summed E-state index contributed by atoms with van der Waals surface area (Å²) >= 11 is 0. The number of alkyl halides is 2. The van der Waals surface area contributed by atoms with Crippen molar-refractivity contribution in [1.82, 2.24) is 19.9 Å². The van der Waals surface area contributed by atoms with Crippen LogP contribution in [-0.4, -0.2) is 57.9 Å². The minimum atomic E-state index is -2.52. The van der Waals surface area contributed by atoms with Gasteiger partial charge in [-0.15, -0.1) is 0 Å². The van der Waals surface area contributed by atoms with E-state index in [2.05, 4.69) is 15.3 Å². The highest BCUT2D eigenvalue weighted by Crippen LogP contribution is 2.59. The molecule has 9 heteroatoms. The van der Waals surface area contributed by atoms with Gasteiger partial charge in [-0.05, 0) is 43.4 Å². The molecule has 0 spiro atoms. The van der Waals surface area contributed by atoms with E-state index in [9.17, 15) is 13.6 Å². The first-order chi connectivity index (χ1) is 14.8. The molecule has 0 aromatic carbocycles. The molecule has 1 aliphatic carbocycles. The lowest BCUT2D eigenvalue weighted by molar-refractivity contribution is -0.129. The average Bonchev–Trinajstić information content (AvgIpc) is 3.08. The van der Waals surface area contributed by atoms with Crippen LogP contribution < -0.4 is 10.2 Å². The van der Waals surface area contributed by atoms with Gasteiger partial charge in [-0.3, -0.25) is 9.78 Å². The van der Waals surface area contributed by atoms with Crippen LogP contribution in [0.1, 0.15) is 36.9 Å². The quantitative estimate of drug-likeness (QED) is 0.805. The Morgan fingerprint density at radius 2 is 1.81 bits per heavy atom. The number of carbonyl (C=O) groups is 1. The number of fused-ring (bicyclic) bond motifs is 1. The van der Waals surface area contributed by atoms with E-state index in [1.165, 1.54) is 0 Å². The average molecular weight is 428 g/mol. The molecule has 2 aromatic rings. The van der Waals surface area contributed by atoms with Crippen LogP contribution in [0.3, 0.4) is 0 Å². The summed E-state index contributed by atoms with van der Waals surface area (Å²) in [4.78, 5) is 28.8. The maximum Gasteiger partial charge on any atom is 0.258 e. The number of nitrogens with zero attached hydrogens (tertiary/aromatic N) is 5. The summed E-state index contributed by atoms with van der Waals surface area (Å²) in [6.45, 7) is 5.59. The van der Waals surface area contributed by atoms with Crippen molar-refractivity contribution in [2.24, 2.45) is 11.8 Å². The Morgan fingerprint density at radius 1 is 1.10 bits per heavy atom. The minimum absolute atomic E-state index is 0.103. The Bertz CT molecular complexity index is 976. The summed E-state index contributed by atoms with van der Waals surface area (Å²) < 4.78 is 27.4. The van der Waals surface area contributed by atoms with Crippen molar-refractivity contribution in [1.29, 1.82) is 0 Å². The summed E-state index contributed by atoms with van der Waals surface area (Å²) in [5.41, 5.74) is 1.94. The molecular weight excluding hydrogens is 402 g/mol. The topological polar surface area (TPSA) is 74.2 Å². The molecule has 3 aliphatic rings. The molecule has 3 fully saturated rings. The van der Waals surface area contributed by atoms with E-state index in [1.807, 2.05) is 28.9 Å². The van der Waals surface area contributed by atoms with Crippen LogP contribution >= 0.6 is 0 Å². The number of hydrogen-bond donors (Lipinski definition) is 1. The smallest absolute Gasteiger partial charge is 0.258 e. The van der Waals surface area contributed by atoms with E-state index in [0.29, 0.717) is 30.6 Å². The van der Waals surface area contributed by atoms with Crippen molar-refractivity contribution < 1.29 is 13.6 Å². The van der Waals surface area contributed by atoms with Gasteiger partial charge in [-0.25, -0.2) is 18.7 Å². The number of carbonyl (C=O) groups excluding carboxylic acids is 1. The monoisotopic (exact) mass is 428 g/mol. The van der Waals surface area contributed by atoms with Crippen molar-refractivity contribution >= 4 is 23.4 Å². The zero-order valence-electron chi connectivity index (χ0n) is 17.7. The number of nitrogens with one attached hydrogen (secondary N) is 1. The van der Waals surface area contributed by atoms with Gasteiger partial charge in [0.1, 0.15) is 17.5 Å². The van der Waals surface area contributed by atoms with Gasteiger partial charge in [-0.1, -0.05) is 0 Å². The fraction of sp³-hybridized carbons (Fsp3) is 0.545. The summed E-state index contributed by atoms with van der Waals surface area (Å²) in [5.74, 6) is -1.31. The second-order valence-corrected chi connectivity index (χ2v) is 8.88. The molecule has 2 unspecified atom stereocenters. The number of likely N-dealkylation sites (tertiary alicyclic amines) is 1. The summed E-state index contributed by atoms with van der Waals surface area (Å²) in [7, 11) is 0. The minimum Gasteiger partial charge on any atom is -0.355 e. The third kappa shape index (κ3) is 3.81.